The molecular formula is C16H22O4. The zero-order chi connectivity index (χ0) is 14.8. The standard InChI is InChI=1S/C16H22O4/c1-3-4-5-9-12-19-15(17)13(2)20-16(18)14-10-7-6-8-11-14/h6-8,10-11,13H,3-5,9,12H2,1-2H3. The van der Waals surface area contributed by atoms with Gasteiger partial charge in [0.15, 0.2) is 6.10 Å². The first kappa shape index (κ1) is 16.2. The Morgan fingerprint density at radius 3 is 2.45 bits per heavy atom. The molecule has 0 radical (unpaired) electrons. The first-order valence-corrected chi connectivity index (χ1v) is 7.07. The maximum Gasteiger partial charge on any atom is 0.347 e. The van der Waals surface area contributed by atoms with Crippen LogP contribution in [-0.2, 0) is 14.3 Å². The Hall–Kier alpha value is -1.84. The molecule has 0 aliphatic carbocycles. The van der Waals surface area contributed by atoms with E-state index < -0.39 is 18.0 Å². The van der Waals surface area contributed by atoms with E-state index in [9.17, 15) is 9.59 Å². The predicted octanol–water partition coefficient (Wildman–Crippen LogP) is 3.36. The lowest BCUT2D eigenvalue weighted by atomic mass is 10.2. The average molecular weight is 278 g/mol. The van der Waals surface area contributed by atoms with Crippen molar-refractivity contribution in [3.63, 3.8) is 0 Å². The van der Waals surface area contributed by atoms with E-state index >= 15 is 0 Å². The molecule has 0 bridgehead atoms. The van der Waals surface area contributed by atoms with E-state index in [2.05, 4.69) is 6.92 Å². The van der Waals surface area contributed by atoms with Gasteiger partial charge in [-0.1, -0.05) is 44.4 Å². The third kappa shape index (κ3) is 5.87. The molecule has 0 heterocycles. The first-order valence-electron chi connectivity index (χ1n) is 7.07. The van der Waals surface area contributed by atoms with Crippen LogP contribution in [0.25, 0.3) is 0 Å². The minimum absolute atomic E-state index is 0.381. The third-order valence-electron chi connectivity index (χ3n) is 2.87. The molecule has 110 valence electrons. The van der Waals surface area contributed by atoms with Gasteiger partial charge in [0, 0.05) is 0 Å². The summed E-state index contributed by atoms with van der Waals surface area (Å²) in [6.07, 6.45) is 3.28. The summed E-state index contributed by atoms with van der Waals surface area (Å²) in [5, 5.41) is 0. The van der Waals surface area contributed by atoms with E-state index in [1.54, 1.807) is 24.3 Å². The summed E-state index contributed by atoms with van der Waals surface area (Å²) in [4.78, 5) is 23.4. The highest BCUT2D eigenvalue weighted by molar-refractivity contribution is 5.91. The predicted molar refractivity (Wildman–Crippen MR) is 76.4 cm³/mol. The normalized spacial score (nSPS) is 11.7. The Morgan fingerprint density at radius 2 is 1.80 bits per heavy atom. The van der Waals surface area contributed by atoms with Crippen molar-refractivity contribution in [3.8, 4) is 0 Å². The van der Waals surface area contributed by atoms with Crippen LogP contribution >= 0.6 is 0 Å². The van der Waals surface area contributed by atoms with Crippen LogP contribution in [0.2, 0.25) is 0 Å². The zero-order valence-corrected chi connectivity index (χ0v) is 12.1. The van der Waals surface area contributed by atoms with Gasteiger partial charge in [0.2, 0.25) is 0 Å². The second-order valence-electron chi connectivity index (χ2n) is 4.64. The van der Waals surface area contributed by atoms with E-state index in [1.807, 2.05) is 6.07 Å². The van der Waals surface area contributed by atoms with Crippen molar-refractivity contribution in [2.45, 2.75) is 45.6 Å². The second-order valence-corrected chi connectivity index (χ2v) is 4.64. The summed E-state index contributed by atoms with van der Waals surface area (Å²) >= 11 is 0. The van der Waals surface area contributed by atoms with Gasteiger partial charge in [-0.05, 0) is 25.5 Å². The Bertz CT molecular complexity index is 414. The number of carbonyl (C=O) groups excluding carboxylic acids is 2. The molecule has 0 saturated heterocycles. The Labute approximate surface area is 120 Å². The summed E-state index contributed by atoms with van der Waals surface area (Å²) in [6.45, 7) is 4.03. The quantitative estimate of drug-likeness (QED) is 0.540. The topological polar surface area (TPSA) is 52.6 Å². The largest absolute Gasteiger partial charge is 0.463 e. The van der Waals surface area contributed by atoms with Gasteiger partial charge in [0.1, 0.15) is 0 Å². The summed E-state index contributed by atoms with van der Waals surface area (Å²) in [7, 11) is 0. The summed E-state index contributed by atoms with van der Waals surface area (Å²) < 4.78 is 10.1. The Balaban J connectivity index is 2.29. The third-order valence-corrected chi connectivity index (χ3v) is 2.87. The number of unbranched alkanes of at least 4 members (excludes halogenated alkanes) is 3. The molecule has 0 amide bonds. The van der Waals surface area contributed by atoms with Crippen molar-refractivity contribution in [2.24, 2.45) is 0 Å². The number of esters is 2. The van der Waals surface area contributed by atoms with Crippen LogP contribution in [0.15, 0.2) is 30.3 Å². The van der Waals surface area contributed by atoms with E-state index in [0.29, 0.717) is 12.2 Å². The molecule has 0 aromatic heterocycles. The molecule has 20 heavy (non-hydrogen) atoms. The van der Waals surface area contributed by atoms with E-state index in [1.165, 1.54) is 6.92 Å². The minimum Gasteiger partial charge on any atom is -0.463 e. The Morgan fingerprint density at radius 1 is 1.10 bits per heavy atom. The minimum atomic E-state index is -0.881. The van der Waals surface area contributed by atoms with Gasteiger partial charge < -0.3 is 9.47 Å². The van der Waals surface area contributed by atoms with Crippen molar-refractivity contribution in [1.29, 1.82) is 0 Å². The molecule has 0 saturated carbocycles. The van der Waals surface area contributed by atoms with Gasteiger partial charge in [0.05, 0.1) is 12.2 Å². The number of carbonyl (C=O) groups is 2. The lowest BCUT2D eigenvalue weighted by Gasteiger charge is -2.12. The monoisotopic (exact) mass is 278 g/mol. The van der Waals surface area contributed by atoms with Gasteiger partial charge in [0.25, 0.3) is 0 Å². The number of rotatable bonds is 8. The van der Waals surface area contributed by atoms with Crippen LogP contribution in [-0.4, -0.2) is 24.6 Å². The highest BCUT2D eigenvalue weighted by atomic mass is 16.6. The van der Waals surface area contributed by atoms with Crippen LogP contribution in [0.3, 0.4) is 0 Å². The van der Waals surface area contributed by atoms with Crippen LogP contribution in [0, 0.1) is 0 Å². The van der Waals surface area contributed by atoms with Crippen LogP contribution in [0.5, 0.6) is 0 Å². The lowest BCUT2D eigenvalue weighted by Crippen LogP contribution is -2.26. The molecule has 0 aliphatic rings. The molecule has 0 N–H and O–H groups in total. The van der Waals surface area contributed by atoms with Gasteiger partial charge in [-0.15, -0.1) is 0 Å². The van der Waals surface area contributed by atoms with Crippen LogP contribution in [0.1, 0.15) is 49.9 Å². The number of benzene rings is 1. The van der Waals surface area contributed by atoms with E-state index in [4.69, 9.17) is 9.47 Å². The lowest BCUT2D eigenvalue weighted by molar-refractivity contribution is -0.153. The molecular weight excluding hydrogens is 256 g/mol. The number of hydrogen-bond donors (Lipinski definition) is 0. The maximum atomic E-state index is 11.7. The average Bonchev–Trinajstić information content (AvgIpc) is 2.47. The van der Waals surface area contributed by atoms with Crippen molar-refractivity contribution < 1.29 is 19.1 Å². The molecule has 0 spiro atoms. The molecule has 0 fully saturated rings. The van der Waals surface area contributed by atoms with E-state index in [-0.39, 0.29) is 0 Å². The summed E-state index contributed by atoms with van der Waals surface area (Å²) in [5.74, 6) is -1.01. The molecule has 1 unspecified atom stereocenters. The highest BCUT2D eigenvalue weighted by Gasteiger charge is 2.19. The number of ether oxygens (including phenoxy) is 2. The maximum absolute atomic E-state index is 11.7. The highest BCUT2D eigenvalue weighted by Crippen LogP contribution is 2.06. The van der Waals surface area contributed by atoms with Crippen LogP contribution in [0.4, 0.5) is 0 Å². The van der Waals surface area contributed by atoms with Gasteiger partial charge >= 0.3 is 11.9 Å². The van der Waals surface area contributed by atoms with Crippen molar-refractivity contribution in [3.05, 3.63) is 35.9 Å². The molecule has 1 rings (SSSR count). The van der Waals surface area contributed by atoms with Crippen molar-refractivity contribution >= 4 is 11.9 Å². The second kappa shape index (κ2) is 9.13. The van der Waals surface area contributed by atoms with Gasteiger partial charge in [-0.25, -0.2) is 9.59 Å². The van der Waals surface area contributed by atoms with Crippen LogP contribution < -0.4 is 0 Å². The fraction of sp³-hybridized carbons (Fsp3) is 0.500. The van der Waals surface area contributed by atoms with Crippen molar-refractivity contribution in [1.82, 2.24) is 0 Å². The summed E-state index contributed by atoms with van der Waals surface area (Å²) in [5.41, 5.74) is 0.426. The first-order chi connectivity index (χ1) is 9.65. The smallest absolute Gasteiger partial charge is 0.347 e. The number of hydrogen-bond acceptors (Lipinski definition) is 4. The molecule has 1 aromatic carbocycles. The molecule has 4 heteroatoms. The zero-order valence-electron chi connectivity index (χ0n) is 12.1. The van der Waals surface area contributed by atoms with Crippen molar-refractivity contribution in [2.75, 3.05) is 6.61 Å². The van der Waals surface area contributed by atoms with Gasteiger partial charge in [-0.2, -0.15) is 0 Å². The van der Waals surface area contributed by atoms with Gasteiger partial charge in [-0.3, -0.25) is 0 Å². The summed E-state index contributed by atoms with van der Waals surface area (Å²) in [6, 6.07) is 8.58. The molecule has 0 aliphatic heterocycles. The molecule has 4 nitrogen and oxygen atoms in total. The fourth-order valence-corrected chi connectivity index (χ4v) is 1.67. The SMILES string of the molecule is CCCCCCOC(=O)C(C)OC(=O)c1ccccc1. The fourth-order valence-electron chi connectivity index (χ4n) is 1.67. The molecule has 1 aromatic rings. The molecule has 1 atom stereocenters. The van der Waals surface area contributed by atoms with E-state index in [0.717, 1.165) is 25.7 Å². The Kier molecular flexibility index (Phi) is 7.40.